The normalized spacial score (nSPS) is 13.6. The predicted molar refractivity (Wildman–Crippen MR) is 282 cm³/mol. The van der Waals surface area contributed by atoms with Gasteiger partial charge in [-0.15, -0.1) is 0 Å². The number of hydrogen-bond donors (Lipinski definition) is 3. The predicted octanol–water partition coefficient (Wildman–Crippen LogP) is 17.2. The topological polar surface area (TPSA) is 95.9 Å². The first-order chi connectivity index (χ1) is 32.0. The molecule has 0 rings (SSSR count). The maximum atomic E-state index is 13.3. The lowest BCUT2D eigenvalue weighted by atomic mass is 10.0. The molecule has 0 saturated heterocycles. The number of carbonyl (C=O) groups is 2. The van der Waals surface area contributed by atoms with Gasteiger partial charge in [0.1, 0.15) is 6.10 Å². The highest BCUT2D eigenvalue weighted by molar-refractivity contribution is 5.77. The number of rotatable bonds is 50. The maximum absolute atomic E-state index is 13.3. The summed E-state index contributed by atoms with van der Waals surface area (Å²) in [5.74, 6) is -0.489. The molecule has 0 bridgehead atoms. The van der Waals surface area contributed by atoms with Gasteiger partial charge in [-0.2, -0.15) is 0 Å². The Morgan fingerprint density at radius 3 is 1.40 bits per heavy atom. The van der Waals surface area contributed by atoms with E-state index in [1.807, 2.05) is 0 Å². The molecular formula is C59H107NO5. The van der Waals surface area contributed by atoms with Crippen LogP contribution in [0.3, 0.4) is 0 Å². The zero-order valence-corrected chi connectivity index (χ0v) is 43.1. The summed E-state index contributed by atoms with van der Waals surface area (Å²) in [6.45, 7) is 6.35. The summed E-state index contributed by atoms with van der Waals surface area (Å²) in [4.78, 5) is 26.3. The van der Waals surface area contributed by atoms with Crippen LogP contribution in [0.4, 0.5) is 0 Å². The smallest absolute Gasteiger partial charge is 0.306 e. The number of unbranched alkanes of at least 4 members (excludes halogenated alkanes) is 30. The number of aliphatic hydroxyl groups is 2. The molecule has 3 N–H and O–H groups in total. The van der Waals surface area contributed by atoms with Crippen molar-refractivity contribution in [2.45, 2.75) is 296 Å². The van der Waals surface area contributed by atoms with Crippen molar-refractivity contribution in [1.29, 1.82) is 0 Å². The molecule has 1 amide bonds. The van der Waals surface area contributed by atoms with Gasteiger partial charge in [0, 0.05) is 6.42 Å². The Morgan fingerprint density at radius 2 is 0.892 bits per heavy atom. The Labute approximate surface area is 403 Å². The van der Waals surface area contributed by atoms with Gasteiger partial charge in [-0.25, -0.2) is 0 Å². The minimum absolute atomic E-state index is 0.0668. The summed E-state index contributed by atoms with van der Waals surface area (Å²) in [5.41, 5.74) is 0. The number of hydrogen-bond acceptors (Lipinski definition) is 5. The van der Waals surface area contributed by atoms with Crippen LogP contribution in [0.25, 0.3) is 0 Å². The first-order valence-electron chi connectivity index (χ1n) is 28.0. The van der Waals surface area contributed by atoms with E-state index in [1.165, 1.54) is 148 Å². The second-order valence-electron chi connectivity index (χ2n) is 19.0. The van der Waals surface area contributed by atoms with Gasteiger partial charge in [0.05, 0.1) is 25.2 Å². The fraction of sp³-hybridized carbons (Fsp3) is 0.797. The standard InChI is InChI=1S/C59H107NO5/c1-4-7-10-13-16-19-22-25-28-29-31-32-35-38-41-44-47-50-55(65-59(64)52-49-46-43-40-37-34-30-26-23-20-17-14-11-8-5-2)53-58(63)60-56(54-61)57(62)51-48-45-42-39-36-33-27-24-21-18-15-12-9-6-3/h8,11,14,16-17,19-20,23,25,28,55-57,61-62H,4-7,9-10,12-13,15,18,21-22,24,26-27,29-54H2,1-3H3,(H,60,63)/b11-8+,17-14+,19-16-,23-20+,28-25-. The van der Waals surface area contributed by atoms with E-state index >= 15 is 0 Å². The van der Waals surface area contributed by atoms with Crippen LogP contribution in [0.5, 0.6) is 0 Å². The zero-order chi connectivity index (χ0) is 47.4. The number of nitrogens with one attached hydrogen (secondary N) is 1. The Kier molecular flexibility index (Phi) is 50.6. The van der Waals surface area contributed by atoms with Crippen LogP contribution in [0.1, 0.15) is 278 Å². The van der Waals surface area contributed by atoms with Gasteiger partial charge < -0.3 is 20.3 Å². The van der Waals surface area contributed by atoms with E-state index in [1.54, 1.807) is 0 Å². The molecule has 0 heterocycles. The molecule has 6 heteroatoms. The van der Waals surface area contributed by atoms with Gasteiger partial charge in [0.15, 0.2) is 0 Å². The number of carbonyl (C=O) groups excluding carboxylic acids is 2. The van der Waals surface area contributed by atoms with E-state index in [9.17, 15) is 19.8 Å². The Bertz CT molecular complexity index is 1160. The minimum atomic E-state index is -0.794. The third kappa shape index (κ3) is 47.8. The van der Waals surface area contributed by atoms with Crippen molar-refractivity contribution >= 4 is 11.9 Å². The molecule has 0 aliphatic carbocycles. The summed E-state index contributed by atoms with van der Waals surface area (Å²) in [6.07, 6.45) is 65.6. The molecule has 6 nitrogen and oxygen atoms in total. The molecule has 0 aromatic rings. The van der Waals surface area contributed by atoms with E-state index in [4.69, 9.17) is 4.74 Å². The van der Waals surface area contributed by atoms with E-state index in [0.29, 0.717) is 19.3 Å². The van der Waals surface area contributed by atoms with Gasteiger partial charge in [0.25, 0.3) is 0 Å². The van der Waals surface area contributed by atoms with Crippen LogP contribution in [-0.4, -0.2) is 46.9 Å². The second kappa shape index (κ2) is 52.5. The number of amides is 1. The molecule has 0 saturated carbocycles. The number of allylic oxidation sites excluding steroid dienone is 10. The number of esters is 1. The monoisotopic (exact) mass is 910 g/mol. The largest absolute Gasteiger partial charge is 0.462 e. The molecule has 3 atom stereocenters. The van der Waals surface area contributed by atoms with Gasteiger partial charge >= 0.3 is 5.97 Å². The highest BCUT2D eigenvalue weighted by Crippen LogP contribution is 2.18. The lowest BCUT2D eigenvalue weighted by Gasteiger charge is -2.24. The average molecular weight is 911 g/mol. The molecular weight excluding hydrogens is 803 g/mol. The zero-order valence-electron chi connectivity index (χ0n) is 43.1. The van der Waals surface area contributed by atoms with Gasteiger partial charge in [-0.3, -0.25) is 9.59 Å². The lowest BCUT2D eigenvalue weighted by molar-refractivity contribution is -0.151. The third-order valence-electron chi connectivity index (χ3n) is 12.6. The van der Waals surface area contributed by atoms with Crippen molar-refractivity contribution in [3.8, 4) is 0 Å². The Hall–Kier alpha value is -2.44. The number of aliphatic hydroxyl groups excluding tert-OH is 2. The van der Waals surface area contributed by atoms with E-state index in [-0.39, 0.29) is 24.9 Å². The van der Waals surface area contributed by atoms with Gasteiger partial charge in [-0.05, 0) is 77.0 Å². The molecule has 378 valence electrons. The van der Waals surface area contributed by atoms with Crippen molar-refractivity contribution in [1.82, 2.24) is 5.32 Å². The first kappa shape index (κ1) is 62.6. The molecule has 0 spiro atoms. The molecule has 65 heavy (non-hydrogen) atoms. The third-order valence-corrected chi connectivity index (χ3v) is 12.6. The quantitative estimate of drug-likeness (QED) is 0.0245. The SMILES string of the molecule is CC/C=C/C=C/C=C/CCCCCCCCCC(=O)OC(CCCCCCCCC/C=C\C/C=C\CCCCC)CC(=O)NC(CO)C(O)CCCCCCCCCCCCCCCC. The molecule has 3 unspecified atom stereocenters. The Balaban J connectivity index is 4.60. The molecule has 0 aromatic heterocycles. The van der Waals surface area contributed by atoms with Crippen molar-refractivity contribution in [2.75, 3.05) is 6.61 Å². The highest BCUT2D eigenvalue weighted by atomic mass is 16.5. The molecule has 0 aromatic carbocycles. The summed E-state index contributed by atoms with van der Waals surface area (Å²) >= 11 is 0. The van der Waals surface area contributed by atoms with Crippen molar-refractivity contribution in [3.05, 3.63) is 60.8 Å². The maximum Gasteiger partial charge on any atom is 0.306 e. The average Bonchev–Trinajstić information content (AvgIpc) is 3.30. The number of ether oxygens (including phenoxy) is 1. The summed E-state index contributed by atoms with van der Waals surface area (Å²) in [5, 5.41) is 23.9. The summed E-state index contributed by atoms with van der Waals surface area (Å²) in [7, 11) is 0. The Morgan fingerprint density at radius 1 is 0.477 bits per heavy atom. The van der Waals surface area contributed by atoms with Gasteiger partial charge in [0.2, 0.25) is 5.91 Å². The fourth-order valence-corrected chi connectivity index (χ4v) is 8.40. The van der Waals surface area contributed by atoms with Crippen LogP contribution in [0.15, 0.2) is 60.8 Å². The molecule has 0 aliphatic heterocycles. The minimum Gasteiger partial charge on any atom is -0.462 e. The second-order valence-corrected chi connectivity index (χ2v) is 19.0. The van der Waals surface area contributed by atoms with E-state index in [2.05, 4.69) is 86.8 Å². The van der Waals surface area contributed by atoms with Crippen LogP contribution >= 0.6 is 0 Å². The van der Waals surface area contributed by atoms with Crippen molar-refractivity contribution in [3.63, 3.8) is 0 Å². The van der Waals surface area contributed by atoms with E-state index in [0.717, 1.165) is 83.5 Å². The molecule has 0 aliphatic rings. The molecule has 0 radical (unpaired) electrons. The van der Waals surface area contributed by atoms with Crippen LogP contribution in [0, 0.1) is 0 Å². The van der Waals surface area contributed by atoms with E-state index < -0.39 is 18.2 Å². The van der Waals surface area contributed by atoms with Crippen LogP contribution < -0.4 is 5.32 Å². The van der Waals surface area contributed by atoms with Crippen molar-refractivity contribution in [2.24, 2.45) is 0 Å². The van der Waals surface area contributed by atoms with Crippen LogP contribution in [-0.2, 0) is 14.3 Å². The molecule has 0 fully saturated rings. The fourth-order valence-electron chi connectivity index (χ4n) is 8.40. The highest BCUT2D eigenvalue weighted by Gasteiger charge is 2.24. The van der Waals surface area contributed by atoms with Crippen LogP contribution in [0.2, 0.25) is 0 Å². The summed E-state index contributed by atoms with van der Waals surface area (Å²) in [6, 6.07) is -0.708. The van der Waals surface area contributed by atoms with Crippen molar-refractivity contribution < 1.29 is 24.5 Å². The first-order valence-corrected chi connectivity index (χ1v) is 28.0. The van der Waals surface area contributed by atoms with Gasteiger partial charge in [-0.1, -0.05) is 248 Å². The lowest BCUT2D eigenvalue weighted by Crippen LogP contribution is -2.46. The summed E-state index contributed by atoms with van der Waals surface area (Å²) < 4.78 is 5.95.